The van der Waals surface area contributed by atoms with Crippen LogP contribution in [0, 0.1) is 0 Å². The van der Waals surface area contributed by atoms with Gasteiger partial charge >= 0.3 is 5.97 Å². The molecule has 116 valence electrons. The third-order valence-electron chi connectivity index (χ3n) is 2.90. The highest BCUT2D eigenvalue weighted by molar-refractivity contribution is 7.14. The van der Waals surface area contributed by atoms with Gasteiger partial charge in [0.1, 0.15) is 6.26 Å². The number of carbonyl (C=O) groups excluding carboxylic acids is 1. The number of esters is 1. The fraction of sp³-hybridized carbons (Fsp3) is 0.200. The summed E-state index contributed by atoms with van der Waals surface area (Å²) in [5, 5.41) is 3.24. The van der Waals surface area contributed by atoms with Crippen LogP contribution < -0.4 is 4.90 Å². The molecule has 1 heterocycles. The van der Waals surface area contributed by atoms with Gasteiger partial charge < -0.3 is 14.4 Å². The summed E-state index contributed by atoms with van der Waals surface area (Å²) in [5.41, 5.74) is 2.03. The molecule has 5 nitrogen and oxygen atoms in total. The van der Waals surface area contributed by atoms with E-state index < -0.39 is 5.97 Å². The van der Waals surface area contributed by atoms with Crippen molar-refractivity contribution in [3.63, 3.8) is 0 Å². The van der Waals surface area contributed by atoms with Gasteiger partial charge in [0.05, 0.1) is 19.9 Å². The van der Waals surface area contributed by atoms with Crippen LogP contribution in [0.3, 0.4) is 0 Å². The number of ether oxygens (including phenoxy) is 2. The van der Waals surface area contributed by atoms with E-state index in [-0.39, 0.29) is 5.70 Å². The van der Waals surface area contributed by atoms with Crippen molar-refractivity contribution in [1.29, 1.82) is 0 Å². The number of methoxy groups -OCH3 is 2. The molecule has 0 bridgehead atoms. The van der Waals surface area contributed by atoms with Crippen LogP contribution in [0.2, 0.25) is 5.02 Å². The fourth-order valence-electron chi connectivity index (χ4n) is 1.75. The van der Waals surface area contributed by atoms with Gasteiger partial charge in [0.15, 0.2) is 10.8 Å². The number of nitrogens with zero attached hydrogens (tertiary/aromatic N) is 2. The number of rotatable bonds is 5. The Kier molecular flexibility index (Phi) is 5.41. The minimum Gasteiger partial charge on any atom is -0.502 e. The summed E-state index contributed by atoms with van der Waals surface area (Å²) in [5.74, 6) is -0.493. The number of benzene rings is 1. The fourth-order valence-corrected chi connectivity index (χ4v) is 2.69. The van der Waals surface area contributed by atoms with Crippen LogP contribution in [0.5, 0.6) is 0 Å². The quantitative estimate of drug-likeness (QED) is 0.474. The highest BCUT2D eigenvalue weighted by Crippen LogP contribution is 2.29. The molecule has 7 heteroatoms. The summed E-state index contributed by atoms with van der Waals surface area (Å²) in [7, 11) is 4.52. The van der Waals surface area contributed by atoms with Gasteiger partial charge in [-0.15, -0.1) is 11.3 Å². The first-order valence-corrected chi connectivity index (χ1v) is 7.59. The molecule has 1 aromatic carbocycles. The van der Waals surface area contributed by atoms with Crippen LogP contribution in [0.1, 0.15) is 0 Å². The Morgan fingerprint density at radius 1 is 1.32 bits per heavy atom. The van der Waals surface area contributed by atoms with Crippen LogP contribution in [-0.2, 0) is 14.3 Å². The molecule has 0 fully saturated rings. The molecular weight excluding hydrogens is 324 g/mol. The lowest BCUT2D eigenvalue weighted by Gasteiger charge is -2.17. The summed E-state index contributed by atoms with van der Waals surface area (Å²) in [6.07, 6.45) is 1.33. The smallest absolute Gasteiger partial charge is 0.357 e. The highest BCUT2D eigenvalue weighted by atomic mass is 35.5. The average Bonchev–Trinajstić information content (AvgIpc) is 3.02. The van der Waals surface area contributed by atoms with Crippen LogP contribution in [0.15, 0.2) is 41.6 Å². The van der Waals surface area contributed by atoms with Crippen molar-refractivity contribution in [2.75, 3.05) is 26.2 Å². The number of hydrogen-bond donors (Lipinski definition) is 0. The summed E-state index contributed by atoms with van der Waals surface area (Å²) >= 11 is 7.30. The Balaban J connectivity index is 2.28. The molecule has 0 spiro atoms. The predicted octanol–water partition coefficient (Wildman–Crippen LogP) is 3.56. The molecule has 0 aliphatic rings. The molecule has 0 N–H and O–H groups in total. The van der Waals surface area contributed by atoms with Crippen LogP contribution in [-0.4, -0.2) is 32.2 Å². The number of anilines is 1. The minimum absolute atomic E-state index is 0.266. The number of thiazole rings is 1. The Morgan fingerprint density at radius 3 is 2.59 bits per heavy atom. The lowest BCUT2D eigenvalue weighted by Crippen LogP contribution is -2.24. The summed E-state index contributed by atoms with van der Waals surface area (Å²) in [6.45, 7) is 0. The molecule has 2 rings (SSSR count). The number of halogens is 1. The van der Waals surface area contributed by atoms with Gasteiger partial charge in [0.2, 0.25) is 0 Å². The zero-order valence-corrected chi connectivity index (χ0v) is 13.9. The molecule has 22 heavy (non-hydrogen) atoms. The second kappa shape index (κ2) is 7.29. The largest absolute Gasteiger partial charge is 0.502 e. The molecular formula is C15H15ClN2O3S. The Morgan fingerprint density at radius 2 is 2.00 bits per heavy atom. The van der Waals surface area contributed by atoms with Gasteiger partial charge in [0.25, 0.3) is 0 Å². The van der Waals surface area contributed by atoms with E-state index >= 15 is 0 Å². The van der Waals surface area contributed by atoms with Crippen LogP contribution in [0.4, 0.5) is 5.13 Å². The van der Waals surface area contributed by atoms with Gasteiger partial charge in [-0.25, -0.2) is 9.78 Å². The lowest BCUT2D eigenvalue weighted by atomic mass is 10.2. The topological polar surface area (TPSA) is 51.7 Å². The monoisotopic (exact) mass is 338 g/mol. The van der Waals surface area contributed by atoms with Crippen LogP contribution >= 0.6 is 22.9 Å². The molecule has 0 unspecified atom stereocenters. The minimum atomic E-state index is -0.493. The molecule has 2 aromatic rings. The van der Waals surface area contributed by atoms with E-state index in [4.69, 9.17) is 21.1 Å². The van der Waals surface area contributed by atoms with E-state index in [1.165, 1.54) is 31.8 Å². The average molecular weight is 339 g/mol. The molecule has 0 aliphatic heterocycles. The van der Waals surface area contributed by atoms with E-state index in [1.807, 2.05) is 29.6 Å². The maximum atomic E-state index is 11.8. The molecule has 0 aliphatic carbocycles. The lowest BCUT2D eigenvalue weighted by molar-refractivity contribution is -0.136. The van der Waals surface area contributed by atoms with Crippen molar-refractivity contribution < 1.29 is 14.3 Å². The second-order valence-corrected chi connectivity index (χ2v) is 5.58. The van der Waals surface area contributed by atoms with Crippen molar-refractivity contribution in [1.82, 2.24) is 4.98 Å². The van der Waals surface area contributed by atoms with Crippen LogP contribution in [0.25, 0.3) is 11.3 Å². The molecule has 0 saturated carbocycles. The highest BCUT2D eigenvalue weighted by Gasteiger charge is 2.19. The number of aromatic nitrogens is 1. The van der Waals surface area contributed by atoms with E-state index in [0.717, 1.165) is 11.3 Å². The van der Waals surface area contributed by atoms with E-state index in [2.05, 4.69) is 4.98 Å². The van der Waals surface area contributed by atoms with Gasteiger partial charge in [0, 0.05) is 23.0 Å². The zero-order chi connectivity index (χ0) is 16.1. The first kappa shape index (κ1) is 16.3. The van der Waals surface area contributed by atoms with E-state index in [1.54, 1.807) is 11.9 Å². The van der Waals surface area contributed by atoms with E-state index in [0.29, 0.717) is 10.2 Å². The predicted molar refractivity (Wildman–Crippen MR) is 88.1 cm³/mol. The van der Waals surface area contributed by atoms with E-state index in [9.17, 15) is 4.79 Å². The standard InChI is InChI=1S/C15H15ClN2O3S/c1-18(13(8-20-2)14(19)21-3)15-17-12(9-22-15)10-4-6-11(16)7-5-10/h4-9H,1-3H3/b13-8+. The first-order chi connectivity index (χ1) is 10.6. The Labute approximate surface area is 137 Å². The molecule has 0 atom stereocenters. The molecule has 0 amide bonds. The maximum Gasteiger partial charge on any atom is 0.357 e. The number of carbonyl (C=O) groups is 1. The van der Waals surface area contributed by atoms with Gasteiger partial charge in [-0.05, 0) is 12.1 Å². The molecule has 1 aromatic heterocycles. The Hall–Kier alpha value is -2.05. The normalized spacial score (nSPS) is 11.2. The van der Waals surface area contributed by atoms with Gasteiger partial charge in [-0.2, -0.15) is 0 Å². The summed E-state index contributed by atoms with van der Waals surface area (Å²) in [6, 6.07) is 7.41. The van der Waals surface area contributed by atoms with Crippen molar-refractivity contribution in [2.24, 2.45) is 0 Å². The van der Waals surface area contributed by atoms with Crippen molar-refractivity contribution in [3.8, 4) is 11.3 Å². The van der Waals surface area contributed by atoms with Gasteiger partial charge in [-0.3, -0.25) is 0 Å². The van der Waals surface area contributed by atoms with Crippen molar-refractivity contribution in [3.05, 3.63) is 46.6 Å². The second-order valence-electron chi connectivity index (χ2n) is 4.31. The van der Waals surface area contributed by atoms with Crippen molar-refractivity contribution in [2.45, 2.75) is 0 Å². The number of likely N-dealkylation sites (N-methyl/N-ethyl adjacent to an activating group) is 1. The molecule has 0 saturated heterocycles. The maximum absolute atomic E-state index is 11.8. The zero-order valence-electron chi connectivity index (χ0n) is 12.4. The Bertz CT molecular complexity index is 682. The molecule has 0 radical (unpaired) electrons. The third kappa shape index (κ3) is 3.58. The SMILES string of the molecule is CO/C=C(\C(=O)OC)N(C)c1nc(-c2ccc(Cl)cc2)cs1. The number of hydrogen-bond acceptors (Lipinski definition) is 6. The summed E-state index contributed by atoms with van der Waals surface area (Å²) in [4.78, 5) is 17.9. The summed E-state index contributed by atoms with van der Waals surface area (Å²) < 4.78 is 9.68. The van der Waals surface area contributed by atoms with Crippen molar-refractivity contribution >= 4 is 34.0 Å². The third-order valence-corrected chi connectivity index (χ3v) is 4.07. The van der Waals surface area contributed by atoms with Gasteiger partial charge in [-0.1, -0.05) is 23.7 Å². The first-order valence-electron chi connectivity index (χ1n) is 6.33.